The molecule has 1 aliphatic heterocycles. The van der Waals surface area contributed by atoms with E-state index in [2.05, 4.69) is 26.3 Å². The predicted octanol–water partition coefficient (Wildman–Crippen LogP) is 2.25. The third-order valence-electron chi connectivity index (χ3n) is 4.32. The fourth-order valence-corrected chi connectivity index (χ4v) is 3.13. The van der Waals surface area contributed by atoms with Crippen LogP contribution >= 0.6 is 0 Å². The first-order valence-electron chi connectivity index (χ1n) is 8.27. The summed E-state index contributed by atoms with van der Waals surface area (Å²) < 4.78 is 10.9. The molecule has 1 aromatic carbocycles. The van der Waals surface area contributed by atoms with Crippen LogP contribution in [0.1, 0.15) is 18.4 Å². The van der Waals surface area contributed by atoms with E-state index < -0.39 is 0 Å². The van der Waals surface area contributed by atoms with Crippen molar-refractivity contribution in [3.05, 3.63) is 42.2 Å². The fraction of sp³-hybridized carbons (Fsp3) is 0.444. The minimum atomic E-state index is 0.401. The Hall–Kier alpha value is -2.34. The highest BCUT2D eigenvalue weighted by Gasteiger charge is 2.21. The summed E-state index contributed by atoms with van der Waals surface area (Å²) in [5.74, 6) is 2.37. The Morgan fingerprint density at radius 2 is 2.00 bits per heavy atom. The second-order valence-corrected chi connectivity index (χ2v) is 5.87. The molecule has 1 saturated heterocycles. The van der Waals surface area contributed by atoms with E-state index in [1.165, 1.54) is 0 Å². The lowest BCUT2D eigenvalue weighted by molar-refractivity contribution is 0.348. The molecule has 0 spiro atoms. The number of nitrogens with one attached hydrogen (secondary N) is 1. The lowest BCUT2D eigenvalue weighted by atomic mass is 10.1. The Bertz CT molecular complexity index is 651. The van der Waals surface area contributed by atoms with Crippen LogP contribution in [-0.4, -0.2) is 43.3 Å². The number of rotatable bonds is 6. The van der Waals surface area contributed by atoms with Crippen LogP contribution in [0.15, 0.2) is 36.7 Å². The highest BCUT2D eigenvalue weighted by Crippen LogP contribution is 2.30. The van der Waals surface area contributed by atoms with Gasteiger partial charge in [-0.05, 0) is 25.0 Å². The van der Waals surface area contributed by atoms with Gasteiger partial charge in [-0.25, -0.2) is 9.97 Å². The standard InChI is InChI=1S/C18H24N4O2/c1-23-16-8-3-6-14(17(16)24-2)12-21-15-7-4-11-22(13-15)18-19-9-5-10-20-18/h3,5-6,8-10,15,21H,4,7,11-13H2,1-2H3/t15-/m0/s1. The highest BCUT2D eigenvalue weighted by molar-refractivity contribution is 5.46. The first-order valence-corrected chi connectivity index (χ1v) is 8.27. The Morgan fingerprint density at radius 1 is 1.17 bits per heavy atom. The van der Waals surface area contributed by atoms with Gasteiger partial charge in [-0.15, -0.1) is 0 Å². The number of hydrogen-bond donors (Lipinski definition) is 1. The van der Waals surface area contributed by atoms with Crippen molar-refractivity contribution >= 4 is 5.95 Å². The van der Waals surface area contributed by atoms with Crippen molar-refractivity contribution in [3.8, 4) is 11.5 Å². The largest absolute Gasteiger partial charge is 0.493 e. The molecule has 6 heteroatoms. The summed E-state index contributed by atoms with van der Waals surface area (Å²) in [6.07, 6.45) is 5.86. The summed E-state index contributed by atoms with van der Waals surface area (Å²) in [4.78, 5) is 11.0. The van der Waals surface area contributed by atoms with Crippen LogP contribution in [0.2, 0.25) is 0 Å². The van der Waals surface area contributed by atoms with Crippen LogP contribution in [0.3, 0.4) is 0 Å². The Kier molecular flexibility index (Phi) is 5.48. The zero-order valence-electron chi connectivity index (χ0n) is 14.2. The number of anilines is 1. The molecule has 0 unspecified atom stereocenters. The number of benzene rings is 1. The topological polar surface area (TPSA) is 59.5 Å². The number of nitrogens with zero attached hydrogens (tertiary/aromatic N) is 3. The van der Waals surface area contributed by atoms with E-state index in [0.717, 1.165) is 55.5 Å². The van der Waals surface area contributed by atoms with Crippen molar-refractivity contribution in [1.29, 1.82) is 0 Å². The molecule has 0 saturated carbocycles. The van der Waals surface area contributed by atoms with Crippen molar-refractivity contribution in [1.82, 2.24) is 15.3 Å². The lowest BCUT2D eigenvalue weighted by Gasteiger charge is -2.33. The van der Waals surface area contributed by atoms with Crippen LogP contribution in [0, 0.1) is 0 Å². The Labute approximate surface area is 142 Å². The Balaban J connectivity index is 1.63. The molecule has 0 amide bonds. The molecule has 2 heterocycles. The number of ether oxygens (including phenoxy) is 2. The molecule has 0 bridgehead atoms. The van der Waals surface area contributed by atoms with Crippen molar-refractivity contribution in [2.75, 3.05) is 32.2 Å². The van der Waals surface area contributed by atoms with Crippen molar-refractivity contribution in [2.24, 2.45) is 0 Å². The first-order chi connectivity index (χ1) is 11.8. The van der Waals surface area contributed by atoms with Crippen LogP contribution in [0.4, 0.5) is 5.95 Å². The lowest BCUT2D eigenvalue weighted by Crippen LogP contribution is -2.46. The third kappa shape index (κ3) is 3.76. The van der Waals surface area contributed by atoms with Gasteiger partial charge in [0.05, 0.1) is 14.2 Å². The summed E-state index contributed by atoms with van der Waals surface area (Å²) in [6.45, 7) is 2.66. The van der Waals surface area contributed by atoms with Gasteiger partial charge in [-0.3, -0.25) is 0 Å². The van der Waals surface area contributed by atoms with Crippen molar-refractivity contribution in [3.63, 3.8) is 0 Å². The molecule has 1 aromatic heterocycles. The molecule has 0 radical (unpaired) electrons. The quantitative estimate of drug-likeness (QED) is 0.878. The molecule has 1 atom stereocenters. The third-order valence-corrected chi connectivity index (χ3v) is 4.32. The van der Waals surface area contributed by atoms with Crippen molar-refractivity contribution in [2.45, 2.75) is 25.4 Å². The van der Waals surface area contributed by atoms with Gasteiger partial charge in [0, 0.05) is 43.6 Å². The number of piperidine rings is 1. The number of hydrogen-bond acceptors (Lipinski definition) is 6. The average molecular weight is 328 g/mol. The van der Waals surface area contributed by atoms with E-state index in [1.54, 1.807) is 26.6 Å². The Morgan fingerprint density at radius 3 is 2.75 bits per heavy atom. The molecular formula is C18H24N4O2. The smallest absolute Gasteiger partial charge is 0.225 e. The molecule has 6 nitrogen and oxygen atoms in total. The second-order valence-electron chi connectivity index (χ2n) is 5.87. The van der Waals surface area contributed by atoms with Gasteiger partial charge in [-0.2, -0.15) is 0 Å². The zero-order valence-corrected chi connectivity index (χ0v) is 14.2. The van der Waals surface area contributed by atoms with Gasteiger partial charge >= 0.3 is 0 Å². The number of para-hydroxylation sites is 1. The van der Waals surface area contributed by atoms with E-state index in [4.69, 9.17) is 9.47 Å². The highest BCUT2D eigenvalue weighted by atomic mass is 16.5. The van der Waals surface area contributed by atoms with E-state index in [-0.39, 0.29) is 0 Å². The van der Waals surface area contributed by atoms with Gasteiger partial charge in [0.25, 0.3) is 0 Å². The molecule has 1 fully saturated rings. The molecule has 24 heavy (non-hydrogen) atoms. The van der Waals surface area contributed by atoms with Gasteiger partial charge in [-0.1, -0.05) is 12.1 Å². The van der Waals surface area contributed by atoms with Gasteiger partial charge in [0.1, 0.15) is 0 Å². The minimum absolute atomic E-state index is 0.401. The number of aromatic nitrogens is 2. The average Bonchev–Trinajstić information content (AvgIpc) is 2.66. The molecule has 1 aliphatic rings. The molecular weight excluding hydrogens is 304 g/mol. The van der Waals surface area contributed by atoms with Gasteiger partial charge in [0.2, 0.25) is 5.95 Å². The maximum atomic E-state index is 5.50. The van der Waals surface area contributed by atoms with Gasteiger partial charge < -0.3 is 19.7 Å². The fourth-order valence-electron chi connectivity index (χ4n) is 3.13. The van der Waals surface area contributed by atoms with Gasteiger partial charge in [0.15, 0.2) is 11.5 Å². The second kappa shape index (κ2) is 7.97. The molecule has 3 rings (SSSR count). The van der Waals surface area contributed by atoms with Crippen LogP contribution in [-0.2, 0) is 6.54 Å². The van der Waals surface area contributed by atoms with Crippen LogP contribution < -0.4 is 19.7 Å². The zero-order chi connectivity index (χ0) is 16.8. The van der Waals surface area contributed by atoms with E-state index in [0.29, 0.717) is 6.04 Å². The van der Waals surface area contributed by atoms with Crippen LogP contribution in [0.25, 0.3) is 0 Å². The normalized spacial score (nSPS) is 17.6. The maximum absolute atomic E-state index is 5.50. The van der Waals surface area contributed by atoms with E-state index >= 15 is 0 Å². The summed E-state index contributed by atoms with van der Waals surface area (Å²) in [5, 5.41) is 3.63. The molecule has 2 aromatic rings. The first kappa shape index (κ1) is 16.5. The summed E-state index contributed by atoms with van der Waals surface area (Å²) >= 11 is 0. The molecule has 1 N–H and O–H groups in total. The minimum Gasteiger partial charge on any atom is -0.493 e. The molecule has 128 valence electrons. The maximum Gasteiger partial charge on any atom is 0.225 e. The molecule has 0 aliphatic carbocycles. The van der Waals surface area contributed by atoms with Crippen molar-refractivity contribution < 1.29 is 9.47 Å². The summed E-state index contributed by atoms with van der Waals surface area (Å²) in [6, 6.07) is 8.22. The predicted molar refractivity (Wildman–Crippen MR) is 93.7 cm³/mol. The van der Waals surface area contributed by atoms with E-state index in [9.17, 15) is 0 Å². The monoisotopic (exact) mass is 328 g/mol. The summed E-state index contributed by atoms with van der Waals surface area (Å²) in [7, 11) is 3.34. The van der Waals surface area contributed by atoms with Crippen LogP contribution in [0.5, 0.6) is 11.5 Å². The van der Waals surface area contributed by atoms with E-state index in [1.807, 2.05) is 18.2 Å². The summed E-state index contributed by atoms with van der Waals surface area (Å²) in [5.41, 5.74) is 1.10. The number of methoxy groups -OCH3 is 2. The SMILES string of the molecule is COc1cccc(CN[C@H]2CCCN(c3ncccn3)C2)c1OC.